The Kier molecular flexibility index (Phi) is 34.3. The van der Waals surface area contributed by atoms with Crippen LogP contribution < -0.4 is 10.2 Å². The third-order valence-electron chi connectivity index (χ3n) is 10.4. The van der Waals surface area contributed by atoms with Crippen LogP contribution in [0.25, 0.3) is 0 Å². The zero-order chi connectivity index (χ0) is 39.6. The number of aliphatic hydroxyl groups excluding tert-OH is 2. The Morgan fingerprint density at radius 2 is 1.04 bits per heavy atom. The predicted molar refractivity (Wildman–Crippen MR) is 221 cm³/mol. The summed E-state index contributed by atoms with van der Waals surface area (Å²) in [6, 6.07) is -1.07. The molecule has 9 nitrogen and oxygen atoms in total. The average Bonchev–Trinajstić information content (AvgIpc) is 3.09. The van der Waals surface area contributed by atoms with Crippen molar-refractivity contribution in [2.75, 3.05) is 40.9 Å². The van der Waals surface area contributed by atoms with Crippen molar-refractivity contribution >= 4 is 13.7 Å². The van der Waals surface area contributed by atoms with Crippen LogP contribution in [0.4, 0.5) is 0 Å². The highest BCUT2D eigenvalue weighted by atomic mass is 31.2. The quantitative estimate of drug-likeness (QED) is 0.0321. The smallest absolute Gasteiger partial charge is 0.268 e. The molecule has 0 bridgehead atoms. The number of carbonyl (C=O) groups is 1. The number of phosphoric ester groups is 1. The first-order chi connectivity index (χ1) is 25.3. The van der Waals surface area contributed by atoms with Gasteiger partial charge in [-0.05, 0) is 18.8 Å². The lowest BCUT2D eigenvalue weighted by Crippen LogP contribution is -2.51. The Balaban J connectivity index is 4.42. The minimum atomic E-state index is -4.66. The van der Waals surface area contributed by atoms with Crippen LogP contribution in [0, 0.1) is 5.92 Å². The molecule has 3 N–H and O–H groups in total. The molecule has 4 atom stereocenters. The van der Waals surface area contributed by atoms with E-state index in [9.17, 15) is 24.5 Å². The topological polar surface area (TPSA) is 128 Å². The zero-order valence-corrected chi connectivity index (χ0v) is 36.7. The van der Waals surface area contributed by atoms with Gasteiger partial charge in [-0.1, -0.05) is 188 Å². The van der Waals surface area contributed by atoms with E-state index in [1.54, 1.807) is 0 Å². The van der Waals surface area contributed by atoms with E-state index in [0.29, 0.717) is 17.4 Å². The molecule has 0 aromatic carbocycles. The summed E-state index contributed by atoms with van der Waals surface area (Å²) in [5.74, 6) is 0.493. The largest absolute Gasteiger partial charge is 0.756 e. The number of unbranched alkanes of at least 4 members (excludes halogenated alkanes) is 24. The lowest BCUT2D eigenvalue weighted by molar-refractivity contribution is -0.870. The summed E-state index contributed by atoms with van der Waals surface area (Å²) in [7, 11) is 1.13. The van der Waals surface area contributed by atoms with E-state index >= 15 is 0 Å². The molecule has 0 aliphatic heterocycles. The first kappa shape index (κ1) is 52.5. The van der Waals surface area contributed by atoms with E-state index in [0.717, 1.165) is 44.4 Å². The molecule has 0 saturated carbocycles. The van der Waals surface area contributed by atoms with Gasteiger partial charge in [-0.25, -0.2) is 0 Å². The van der Waals surface area contributed by atoms with Crippen LogP contribution >= 0.6 is 7.82 Å². The van der Waals surface area contributed by atoms with Crippen LogP contribution in [0.5, 0.6) is 0 Å². The summed E-state index contributed by atoms with van der Waals surface area (Å²) in [5.41, 5.74) is 0. The van der Waals surface area contributed by atoms with Gasteiger partial charge < -0.3 is 34.0 Å². The molecule has 1 unspecified atom stereocenters. The monoisotopic (exact) mass is 777 g/mol. The van der Waals surface area contributed by atoms with Crippen molar-refractivity contribution in [2.45, 2.75) is 225 Å². The Labute approximate surface area is 328 Å². The summed E-state index contributed by atoms with van der Waals surface area (Å²) >= 11 is 0. The number of nitrogens with one attached hydrogen (secondary N) is 1. The Bertz CT molecular complexity index is 870. The zero-order valence-electron chi connectivity index (χ0n) is 35.8. The lowest BCUT2D eigenvalue weighted by atomic mass is 9.99. The standard InChI is InChI=1S/C43H89N2O7P/c1-7-8-9-10-11-12-13-14-15-16-17-18-19-20-21-26-29-32-35-42(47)44-40(38-52-53(49,50)51-37-36-45(4,5)6)43(48)41(46)34-31-28-25-23-22-24-27-30-33-39(2)3/h39-41,43,46,48H,7-38H2,1-6H3,(H-,44,47,49,50)/t40-,41+,43-/m0/s1. The van der Waals surface area contributed by atoms with Crippen molar-refractivity contribution in [1.29, 1.82) is 0 Å². The number of carbonyl (C=O) groups excluding carboxylic acids is 1. The van der Waals surface area contributed by atoms with Gasteiger partial charge in [0.2, 0.25) is 5.91 Å². The van der Waals surface area contributed by atoms with Gasteiger partial charge >= 0.3 is 0 Å². The third-order valence-corrected chi connectivity index (χ3v) is 11.3. The summed E-state index contributed by atoms with van der Waals surface area (Å²) < 4.78 is 23.1. The number of phosphoric acid groups is 1. The number of nitrogens with zero attached hydrogens (tertiary/aromatic N) is 1. The third kappa shape index (κ3) is 36.8. The molecule has 0 aromatic heterocycles. The fraction of sp³-hybridized carbons (Fsp3) is 0.977. The highest BCUT2D eigenvalue weighted by Crippen LogP contribution is 2.38. The predicted octanol–water partition coefficient (Wildman–Crippen LogP) is 10.4. The maximum Gasteiger partial charge on any atom is 0.268 e. The number of hydrogen-bond acceptors (Lipinski definition) is 7. The maximum absolute atomic E-state index is 12.9. The molecule has 0 heterocycles. The maximum atomic E-state index is 12.9. The van der Waals surface area contributed by atoms with Crippen LogP contribution in [-0.4, -0.2) is 79.8 Å². The van der Waals surface area contributed by atoms with Gasteiger partial charge in [0, 0.05) is 6.42 Å². The fourth-order valence-electron chi connectivity index (χ4n) is 6.73. The average molecular weight is 777 g/mol. The Morgan fingerprint density at radius 1 is 0.642 bits per heavy atom. The van der Waals surface area contributed by atoms with Crippen LogP contribution in [0.1, 0.15) is 207 Å². The number of hydrogen-bond donors (Lipinski definition) is 3. The first-order valence-corrected chi connectivity index (χ1v) is 23.8. The summed E-state index contributed by atoms with van der Waals surface area (Å²) in [4.78, 5) is 25.3. The summed E-state index contributed by atoms with van der Waals surface area (Å²) in [6.45, 7) is 6.74. The van der Waals surface area contributed by atoms with Gasteiger partial charge in [-0.3, -0.25) is 9.36 Å². The van der Waals surface area contributed by atoms with E-state index in [2.05, 4.69) is 26.1 Å². The molecule has 0 rings (SSSR count). The van der Waals surface area contributed by atoms with Crippen LogP contribution in [0.2, 0.25) is 0 Å². The van der Waals surface area contributed by atoms with E-state index < -0.39 is 32.7 Å². The number of aliphatic hydroxyl groups is 2. The second-order valence-corrected chi connectivity index (χ2v) is 18.8. The molecular formula is C43H89N2O7P. The van der Waals surface area contributed by atoms with Crippen molar-refractivity contribution in [1.82, 2.24) is 5.32 Å². The van der Waals surface area contributed by atoms with Gasteiger partial charge in [-0.2, -0.15) is 0 Å². The van der Waals surface area contributed by atoms with Gasteiger partial charge in [0.05, 0.1) is 39.9 Å². The number of amides is 1. The van der Waals surface area contributed by atoms with Gasteiger partial charge in [0.15, 0.2) is 0 Å². The molecular weight excluding hydrogens is 687 g/mol. The molecule has 0 spiro atoms. The molecule has 0 aromatic rings. The SMILES string of the molecule is CCCCCCCCCCCCCCCCCCCCC(=O)N[C@@H](COP(=O)([O-])OCC[N+](C)(C)C)[C@H](O)[C@H](O)CCCCCCCCCCC(C)C. The molecule has 318 valence electrons. The lowest BCUT2D eigenvalue weighted by Gasteiger charge is -2.31. The molecule has 0 aliphatic rings. The Morgan fingerprint density at radius 3 is 1.45 bits per heavy atom. The normalized spacial score (nSPS) is 15.1. The van der Waals surface area contributed by atoms with Crippen LogP contribution in [-0.2, 0) is 18.4 Å². The minimum absolute atomic E-state index is 0.0379. The van der Waals surface area contributed by atoms with E-state index in [1.165, 1.54) is 135 Å². The number of likely N-dealkylation sites (N-methyl/N-ethyl adjacent to an activating group) is 1. The van der Waals surface area contributed by atoms with E-state index in [4.69, 9.17) is 9.05 Å². The Hall–Kier alpha value is -0.540. The van der Waals surface area contributed by atoms with Crippen molar-refractivity contribution in [3.05, 3.63) is 0 Å². The fourth-order valence-corrected chi connectivity index (χ4v) is 7.46. The molecule has 0 saturated heterocycles. The molecule has 1 amide bonds. The first-order valence-electron chi connectivity index (χ1n) is 22.3. The molecule has 0 radical (unpaired) electrons. The molecule has 53 heavy (non-hydrogen) atoms. The number of rotatable bonds is 40. The summed E-state index contributed by atoms with van der Waals surface area (Å²) in [6.07, 6.45) is 31.5. The minimum Gasteiger partial charge on any atom is -0.756 e. The highest BCUT2D eigenvalue weighted by molar-refractivity contribution is 7.45. The van der Waals surface area contributed by atoms with Crippen molar-refractivity contribution in [3.63, 3.8) is 0 Å². The summed E-state index contributed by atoms with van der Waals surface area (Å²) in [5, 5.41) is 24.6. The van der Waals surface area contributed by atoms with Crippen molar-refractivity contribution in [3.8, 4) is 0 Å². The van der Waals surface area contributed by atoms with Gasteiger partial charge in [0.1, 0.15) is 19.3 Å². The highest BCUT2D eigenvalue weighted by Gasteiger charge is 2.29. The molecule has 10 heteroatoms. The molecule has 0 fully saturated rings. The second-order valence-electron chi connectivity index (χ2n) is 17.4. The van der Waals surface area contributed by atoms with Crippen molar-refractivity contribution < 1.29 is 38.0 Å². The number of quaternary nitrogens is 1. The van der Waals surface area contributed by atoms with Crippen LogP contribution in [0.15, 0.2) is 0 Å². The van der Waals surface area contributed by atoms with E-state index in [-0.39, 0.29) is 18.9 Å². The van der Waals surface area contributed by atoms with Crippen LogP contribution in [0.3, 0.4) is 0 Å². The van der Waals surface area contributed by atoms with Crippen molar-refractivity contribution in [2.24, 2.45) is 5.92 Å². The van der Waals surface area contributed by atoms with Gasteiger partial charge in [-0.15, -0.1) is 0 Å². The van der Waals surface area contributed by atoms with E-state index in [1.807, 2.05) is 21.1 Å². The molecule has 0 aliphatic carbocycles. The second kappa shape index (κ2) is 34.7. The van der Waals surface area contributed by atoms with Gasteiger partial charge in [0.25, 0.3) is 7.82 Å².